The molecule has 10 nitrogen and oxygen atoms in total. The number of carbonyl (C=O) groups excluding carboxylic acids is 2. The number of benzene rings is 2. The van der Waals surface area contributed by atoms with Crippen molar-refractivity contribution in [2.24, 2.45) is 0 Å². The minimum absolute atomic E-state index is 0.0898. The Morgan fingerprint density at radius 2 is 1.97 bits per heavy atom. The van der Waals surface area contributed by atoms with E-state index in [4.69, 9.17) is 27.9 Å². The van der Waals surface area contributed by atoms with Crippen LogP contribution in [0.25, 0.3) is 11.1 Å². The van der Waals surface area contributed by atoms with Crippen molar-refractivity contribution in [1.82, 2.24) is 31.1 Å². The molecule has 0 aliphatic carbocycles. The number of amides is 1. The first-order valence-corrected chi connectivity index (χ1v) is 10.3. The van der Waals surface area contributed by atoms with Crippen molar-refractivity contribution in [2.45, 2.75) is 19.6 Å². The zero-order valence-corrected chi connectivity index (χ0v) is 18.5. The van der Waals surface area contributed by atoms with Crippen LogP contribution < -0.4 is 5.43 Å². The molecule has 3 aromatic rings. The molecule has 0 fully saturated rings. The summed E-state index contributed by atoms with van der Waals surface area (Å²) in [6.07, 6.45) is -1.46. The highest BCUT2D eigenvalue weighted by molar-refractivity contribution is 6.35. The van der Waals surface area contributed by atoms with Crippen LogP contribution in [0.15, 0.2) is 42.5 Å². The summed E-state index contributed by atoms with van der Waals surface area (Å²) < 4.78 is 4.77. The predicted octanol–water partition coefficient (Wildman–Crippen LogP) is 2.24. The maximum absolute atomic E-state index is 12.7. The molecule has 1 aromatic heterocycles. The Bertz CT molecular complexity index is 1060. The number of hydrogen-bond donors (Lipinski definition) is 3. The number of nitrogens with zero attached hydrogens (tertiary/aromatic N) is 4. The molecule has 168 valence electrons. The smallest absolute Gasteiger partial charge is 0.336 e. The van der Waals surface area contributed by atoms with E-state index in [1.807, 2.05) is 24.3 Å². The van der Waals surface area contributed by atoms with Gasteiger partial charge < -0.3 is 9.84 Å². The van der Waals surface area contributed by atoms with Crippen LogP contribution in [0.2, 0.25) is 10.0 Å². The number of hydrogen-bond acceptors (Lipinski definition) is 8. The molecule has 0 saturated heterocycles. The number of H-pyrrole nitrogens is 1. The average Bonchev–Trinajstić information content (AvgIpc) is 3.33. The summed E-state index contributed by atoms with van der Waals surface area (Å²) in [5.74, 6) is -1.57. The van der Waals surface area contributed by atoms with E-state index in [1.165, 1.54) is 5.01 Å². The van der Waals surface area contributed by atoms with Gasteiger partial charge in [-0.05, 0) is 41.5 Å². The van der Waals surface area contributed by atoms with Gasteiger partial charge in [0.2, 0.25) is 0 Å². The van der Waals surface area contributed by atoms with Crippen molar-refractivity contribution in [1.29, 1.82) is 0 Å². The van der Waals surface area contributed by atoms with E-state index >= 15 is 0 Å². The number of aromatic nitrogens is 4. The van der Waals surface area contributed by atoms with Gasteiger partial charge in [0.25, 0.3) is 5.82 Å². The molecule has 3 N–H and O–H groups in total. The molecule has 1 amide bonds. The number of carbonyl (C=O) groups is 2. The van der Waals surface area contributed by atoms with E-state index < -0.39 is 18.0 Å². The first-order valence-electron chi connectivity index (χ1n) is 9.57. The van der Waals surface area contributed by atoms with Gasteiger partial charge >= 0.3 is 11.9 Å². The number of halogens is 2. The highest BCUT2D eigenvalue weighted by Gasteiger charge is 2.23. The lowest BCUT2D eigenvalue weighted by Crippen LogP contribution is -2.47. The number of tetrazole rings is 1. The summed E-state index contributed by atoms with van der Waals surface area (Å²) in [5, 5.41) is 25.2. The molecular weight excluding hydrogens is 459 g/mol. The fraction of sp³-hybridized carbons (Fsp3) is 0.250. The number of nitrogens with one attached hydrogen (secondary N) is 2. The lowest BCUT2D eigenvalue weighted by Gasteiger charge is -2.23. The molecule has 0 saturated carbocycles. The second kappa shape index (κ2) is 11.0. The van der Waals surface area contributed by atoms with Gasteiger partial charge in [-0.2, -0.15) is 5.21 Å². The van der Waals surface area contributed by atoms with Crippen molar-refractivity contribution in [2.75, 3.05) is 13.2 Å². The Labute approximate surface area is 193 Å². The number of aliphatic hydroxyl groups is 1. The van der Waals surface area contributed by atoms with Gasteiger partial charge in [0.1, 0.15) is 0 Å². The Hall–Kier alpha value is -3.05. The number of aliphatic hydroxyl groups excluding tert-OH is 1. The van der Waals surface area contributed by atoms with Crippen molar-refractivity contribution < 1.29 is 19.4 Å². The van der Waals surface area contributed by atoms with E-state index in [0.29, 0.717) is 10.0 Å². The fourth-order valence-electron chi connectivity index (χ4n) is 2.78. The average molecular weight is 479 g/mol. The van der Waals surface area contributed by atoms with Crippen molar-refractivity contribution >= 4 is 35.1 Å². The minimum Gasteiger partial charge on any atom is -0.464 e. The van der Waals surface area contributed by atoms with E-state index in [-0.39, 0.29) is 25.5 Å². The van der Waals surface area contributed by atoms with Gasteiger partial charge in [-0.25, -0.2) is 10.2 Å². The Morgan fingerprint density at radius 1 is 1.22 bits per heavy atom. The molecule has 0 bridgehead atoms. The van der Waals surface area contributed by atoms with Gasteiger partial charge in [-0.1, -0.05) is 47.5 Å². The largest absolute Gasteiger partial charge is 0.464 e. The first-order chi connectivity index (χ1) is 15.4. The van der Waals surface area contributed by atoms with Gasteiger partial charge in [0.15, 0.2) is 6.10 Å². The summed E-state index contributed by atoms with van der Waals surface area (Å²) in [6, 6.07) is 12.5. The lowest BCUT2D eigenvalue weighted by molar-refractivity contribution is -0.153. The second-order valence-corrected chi connectivity index (χ2v) is 7.42. The highest BCUT2D eigenvalue weighted by Crippen LogP contribution is 2.30. The minimum atomic E-state index is -1.46. The molecule has 0 spiro atoms. The van der Waals surface area contributed by atoms with E-state index in [0.717, 1.165) is 16.7 Å². The SMILES string of the molecule is CCOC(=O)[C@H](O)CNN(Cc1ccc(-c2cc(Cl)ccc2Cl)cc1)C(=O)c1nn[nH]n1. The maximum atomic E-state index is 12.7. The van der Waals surface area contributed by atoms with Crippen LogP contribution in [0.4, 0.5) is 0 Å². The zero-order valence-electron chi connectivity index (χ0n) is 17.0. The van der Waals surface area contributed by atoms with Crippen LogP contribution in [0, 0.1) is 0 Å². The van der Waals surface area contributed by atoms with Gasteiger partial charge in [-0.15, -0.1) is 10.2 Å². The molecule has 12 heteroatoms. The molecular formula is C20H20Cl2N6O4. The first kappa shape index (κ1) is 23.6. The summed E-state index contributed by atoms with van der Waals surface area (Å²) >= 11 is 12.3. The molecule has 2 aromatic carbocycles. The molecule has 0 radical (unpaired) electrons. The van der Waals surface area contributed by atoms with Crippen LogP contribution in [0.1, 0.15) is 23.1 Å². The number of ether oxygens (including phenoxy) is 1. The summed E-state index contributed by atoms with van der Waals surface area (Å²) in [7, 11) is 0. The Kier molecular flexibility index (Phi) is 8.12. The van der Waals surface area contributed by atoms with E-state index in [1.54, 1.807) is 25.1 Å². The standard InChI is InChI=1S/C20H20Cl2N6O4/c1-2-32-20(31)17(29)10-23-28(19(30)18-24-26-27-25-18)11-12-3-5-13(6-4-12)15-9-14(21)7-8-16(15)22/h3-9,17,23,29H,2,10-11H2,1H3,(H,24,25,26,27)/t17-/m1/s1. The number of esters is 1. The quantitative estimate of drug-likeness (QED) is 0.315. The molecule has 1 atom stereocenters. The monoisotopic (exact) mass is 478 g/mol. The maximum Gasteiger partial charge on any atom is 0.336 e. The fourth-order valence-corrected chi connectivity index (χ4v) is 3.18. The number of aromatic amines is 1. The second-order valence-electron chi connectivity index (χ2n) is 6.58. The van der Waals surface area contributed by atoms with Crippen molar-refractivity contribution in [3.05, 3.63) is 63.9 Å². The Balaban J connectivity index is 1.75. The lowest BCUT2D eigenvalue weighted by atomic mass is 10.0. The molecule has 1 heterocycles. The third kappa shape index (κ3) is 6.01. The third-order valence-corrected chi connectivity index (χ3v) is 4.91. The van der Waals surface area contributed by atoms with E-state index in [9.17, 15) is 14.7 Å². The van der Waals surface area contributed by atoms with Crippen LogP contribution in [0.3, 0.4) is 0 Å². The molecule has 0 aliphatic heterocycles. The third-order valence-electron chi connectivity index (χ3n) is 4.35. The van der Waals surface area contributed by atoms with Crippen LogP contribution in [0.5, 0.6) is 0 Å². The zero-order chi connectivity index (χ0) is 23.1. The Morgan fingerprint density at radius 3 is 2.62 bits per heavy atom. The molecule has 0 aliphatic rings. The molecule has 32 heavy (non-hydrogen) atoms. The van der Waals surface area contributed by atoms with Gasteiger partial charge in [0.05, 0.1) is 19.7 Å². The van der Waals surface area contributed by atoms with Crippen LogP contribution in [-0.4, -0.2) is 61.9 Å². The molecule has 3 rings (SSSR count). The van der Waals surface area contributed by atoms with Crippen molar-refractivity contribution in [3.63, 3.8) is 0 Å². The van der Waals surface area contributed by atoms with Gasteiger partial charge in [0, 0.05) is 15.6 Å². The van der Waals surface area contributed by atoms with E-state index in [2.05, 4.69) is 26.0 Å². The summed E-state index contributed by atoms with van der Waals surface area (Å²) in [6.45, 7) is 1.60. The topological polar surface area (TPSA) is 133 Å². The van der Waals surface area contributed by atoms with Crippen molar-refractivity contribution in [3.8, 4) is 11.1 Å². The predicted molar refractivity (Wildman–Crippen MR) is 117 cm³/mol. The summed E-state index contributed by atoms with van der Waals surface area (Å²) in [4.78, 5) is 24.4. The number of rotatable bonds is 9. The van der Waals surface area contributed by atoms with Gasteiger partial charge in [-0.3, -0.25) is 9.80 Å². The molecule has 0 unspecified atom stereocenters. The van der Waals surface area contributed by atoms with Crippen LogP contribution >= 0.6 is 23.2 Å². The highest BCUT2D eigenvalue weighted by atomic mass is 35.5. The normalized spacial score (nSPS) is 11.8. The van der Waals surface area contributed by atoms with Crippen LogP contribution in [-0.2, 0) is 16.1 Å². The number of hydrazine groups is 1. The summed E-state index contributed by atoms with van der Waals surface area (Å²) in [5.41, 5.74) is 5.11.